The maximum Gasteiger partial charge on any atom is 0.385 e. The molecule has 0 atom stereocenters. The number of ether oxygens (including phenoxy) is 1. The molecule has 1 aromatic rings. The van der Waals surface area contributed by atoms with Crippen molar-refractivity contribution in [2.75, 3.05) is 6.61 Å². The molecule has 0 fully saturated rings. The molecule has 0 aliphatic rings. The number of benzene rings is 1. The minimum Gasteiger partial charge on any atom is -0.462 e. The van der Waals surface area contributed by atoms with Gasteiger partial charge in [-0.2, -0.15) is 0 Å². The summed E-state index contributed by atoms with van der Waals surface area (Å²) in [7, 11) is 0. The van der Waals surface area contributed by atoms with E-state index in [9.17, 15) is 4.79 Å². The summed E-state index contributed by atoms with van der Waals surface area (Å²) in [5, 5.41) is 8.63. The maximum atomic E-state index is 11.9. The highest BCUT2D eigenvalue weighted by atomic mass is 16.5. The topological polar surface area (TPSA) is 54.5 Å². The largest absolute Gasteiger partial charge is 0.462 e. The van der Waals surface area contributed by atoms with Crippen LogP contribution in [-0.2, 0) is 4.74 Å². The highest BCUT2D eigenvalue weighted by molar-refractivity contribution is 5.89. The summed E-state index contributed by atoms with van der Waals surface area (Å²) >= 11 is 0. The summed E-state index contributed by atoms with van der Waals surface area (Å²) in [6.45, 7) is 2.74. The van der Waals surface area contributed by atoms with Crippen LogP contribution in [0.5, 0.6) is 0 Å². The van der Waals surface area contributed by atoms with Crippen LogP contribution in [0.3, 0.4) is 0 Å². The summed E-state index contributed by atoms with van der Waals surface area (Å²) in [6.07, 6.45) is 18.4. The monoisotopic (exact) mass is 373 g/mol. The molecule has 0 saturated carbocycles. The predicted octanol–water partition coefficient (Wildman–Crippen LogP) is 7.81. The number of unbranched alkanes of at least 4 members (excludes halogenated alkanes) is 13. The Morgan fingerprint density at radius 2 is 1.22 bits per heavy atom. The van der Waals surface area contributed by atoms with Crippen molar-refractivity contribution in [1.29, 1.82) is 5.39 Å². The molecular weight excluding hydrogens is 336 g/mol. The van der Waals surface area contributed by atoms with Gasteiger partial charge in [0.2, 0.25) is 5.39 Å². The Hall–Kier alpha value is -1.89. The van der Waals surface area contributed by atoms with Gasteiger partial charge >= 0.3 is 11.7 Å². The third-order valence-electron chi connectivity index (χ3n) is 4.95. The normalized spacial score (nSPS) is 10.5. The lowest BCUT2D eigenvalue weighted by Gasteiger charge is -2.05. The number of carbonyl (C=O) groups is 1. The lowest BCUT2D eigenvalue weighted by atomic mass is 10.0. The van der Waals surface area contributed by atoms with Crippen LogP contribution in [0, 0.1) is 5.39 Å². The fourth-order valence-electron chi connectivity index (χ4n) is 3.21. The molecule has 0 spiro atoms. The molecule has 1 rings (SSSR count). The van der Waals surface area contributed by atoms with E-state index in [1.54, 1.807) is 24.3 Å². The standard InChI is InChI=1S/C23H37N2O2/c1-2-3-4-5-6-7-8-9-10-11-12-13-14-15-20-27-23(26)21-16-18-22(25-24)19-17-21/h16-19H,2-15,20H2,1H3/q+1. The van der Waals surface area contributed by atoms with Crippen molar-refractivity contribution >= 4 is 11.7 Å². The molecule has 0 amide bonds. The smallest absolute Gasteiger partial charge is 0.385 e. The second kappa shape index (κ2) is 16.3. The minimum atomic E-state index is -0.311. The van der Waals surface area contributed by atoms with Gasteiger partial charge < -0.3 is 4.74 Å². The van der Waals surface area contributed by atoms with Gasteiger partial charge in [0.25, 0.3) is 0 Å². The second-order valence-corrected chi connectivity index (χ2v) is 7.38. The quantitative estimate of drug-likeness (QED) is 0.169. The molecular formula is C23H37N2O2+. The van der Waals surface area contributed by atoms with Crippen LogP contribution in [0.15, 0.2) is 24.3 Å². The van der Waals surface area contributed by atoms with E-state index in [1.165, 1.54) is 77.0 Å². The number of hydrogen-bond donors (Lipinski definition) is 0. The van der Waals surface area contributed by atoms with Gasteiger partial charge in [-0.1, -0.05) is 90.4 Å². The molecule has 4 nitrogen and oxygen atoms in total. The van der Waals surface area contributed by atoms with Crippen molar-refractivity contribution in [2.24, 2.45) is 0 Å². The highest BCUT2D eigenvalue weighted by Gasteiger charge is 2.09. The van der Waals surface area contributed by atoms with E-state index in [4.69, 9.17) is 10.1 Å². The van der Waals surface area contributed by atoms with Gasteiger partial charge in [0.15, 0.2) is 4.98 Å². The summed E-state index contributed by atoms with van der Waals surface area (Å²) in [5.74, 6) is -0.311. The average Bonchev–Trinajstić information content (AvgIpc) is 2.70. The van der Waals surface area contributed by atoms with Crippen molar-refractivity contribution in [1.82, 2.24) is 0 Å². The Labute approximate surface area is 165 Å². The first-order valence-corrected chi connectivity index (χ1v) is 10.9. The Balaban J connectivity index is 1.86. The van der Waals surface area contributed by atoms with Crippen molar-refractivity contribution in [2.45, 2.75) is 96.8 Å². The molecule has 0 aliphatic heterocycles. The van der Waals surface area contributed by atoms with Crippen LogP contribution in [0.25, 0.3) is 4.98 Å². The molecule has 0 heterocycles. The lowest BCUT2D eigenvalue weighted by molar-refractivity contribution is 0.0497. The van der Waals surface area contributed by atoms with Gasteiger partial charge in [0.05, 0.1) is 12.2 Å². The molecule has 27 heavy (non-hydrogen) atoms. The predicted molar refractivity (Wildman–Crippen MR) is 112 cm³/mol. The van der Waals surface area contributed by atoms with Gasteiger partial charge in [0.1, 0.15) is 0 Å². The maximum absolute atomic E-state index is 11.9. The Kier molecular flexibility index (Phi) is 14.0. The van der Waals surface area contributed by atoms with Gasteiger partial charge in [-0.25, -0.2) is 4.79 Å². The Bertz CT molecular complexity index is 534. The number of nitrogens with zero attached hydrogens (tertiary/aromatic N) is 2. The van der Waals surface area contributed by atoms with Crippen molar-refractivity contribution in [3.05, 3.63) is 34.8 Å². The number of rotatable bonds is 16. The van der Waals surface area contributed by atoms with Crippen molar-refractivity contribution in [3.8, 4) is 0 Å². The molecule has 0 aliphatic carbocycles. The summed E-state index contributed by atoms with van der Waals surface area (Å²) < 4.78 is 5.28. The van der Waals surface area contributed by atoms with E-state index in [2.05, 4.69) is 11.9 Å². The van der Waals surface area contributed by atoms with E-state index >= 15 is 0 Å². The first-order chi connectivity index (χ1) is 13.3. The zero-order valence-corrected chi connectivity index (χ0v) is 17.1. The SMILES string of the molecule is CCCCCCCCCCCCCCCCOC(=O)c1ccc([N+]#N)cc1. The molecule has 0 saturated heterocycles. The third kappa shape index (κ3) is 12.2. The van der Waals surface area contributed by atoms with Crippen molar-refractivity contribution in [3.63, 3.8) is 0 Å². The first-order valence-electron chi connectivity index (χ1n) is 10.9. The Morgan fingerprint density at radius 1 is 0.778 bits per heavy atom. The molecule has 0 aromatic heterocycles. The van der Waals surface area contributed by atoms with Crippen LogP contribution in [0.4, 0.5) is 5.69 Å². The average molecular weight is 374 g/mol. The Morgan fingerprint density at radius 3 is 1.67 bits per heavy atom. The van der Waals surface area contributed by atoms with Gasteiger partial charge in [-0.05, 0) is 18.6 Å². The first kappa shape index (κ1) is 23.1. The highest BCUT2D eigenvalue weighted by Crippen LogP contribution is 2.14. The molecule has 4 heteroatoms. The van der Waals surface area contributed by atoms with E-state index in [1.807, 2.05) is 0 Å². The zero-order chi connectivity index (χ0) is 19.6. The fraction of sp³-hybridized carbons (Fsp3) is 0.696. The summed E-state index contributed by atoms with van der Waals surface area (Å²) in [4.78, 5) is 14.9. The van der Waals surface area contributed by atoms with E-state index < -0.39 is 0 Å². The zero-order valence-electron chi connectivity index (χ0n) is 17.1. The number of carbonyl (C=O) groups excluding carboxylic acids is 1. The lowest BCUT2D eigenvalue weighted by Crippen LogP contribution is -2.06. The second-order valence-electron chi connectivity index (χ2n) is 7.38. The third-order valence-corrected chi connectivity index (χ3v) is 4.95. The van der Waals surface area contributed by atoms with Gasteiger partial charge in [-0.15, -0.1) is 0 Å². The molecule has 0 unspecified atom stereocenters. The number of hydrogen-bond acceptors (Lipinski definition) is 3. The fourth-order valence-corrected chi connectivity index (χ4v) is 3.21. The molecule has 1 aromatic carbocycles. The molecule has 0 bridgehead atoms. The van der Waals surface area contributed by atoms with Crippen LogP contribution >= 0.6 is 0 Å². The van der Waals surface area contributed by atoms with E-state index in [0.29, 0.717) is 17.9 Å². The van der Waals surface area contributed by atoms with Crippen LogP contribution in [0.2, 0.25) is 0 Å². The summed E-state index contributed by atoms with van der Waals surface area (Å²) in [5.41, 5.74) is 0.922. The van der Waals surface area contributed by atoms with Crippen LogP contribution in [-0.4, -0.2) is 12.6 Å². The van der Waals surface area contributed by atoms with Gasteiger partial charge in [-0.3, -0.25) is 0 Å². The number of diazo groups is 1. The number of esters is 1. The van der Waals surface area contributed by atoms with E-state index in [0.717, 1.165) is 12.8 Å². The van der Waals surface area contributed by atoms with Gasteiger partial charge in [0, 0.05) is 12.1 Å². The molecule has 150 valence electrons. The summed E-state index contributed by atoms with van der Waals surface area (Å²) in [6, 6.07) is 6.40. The van der Waals surface area contributed by atoms with E-state index in [-0.39, 0.29) is 5.97 Å². The van der Waals surface area contributed by atoms with Crippen LogP contribution in [0.1, 0.15) is 107 Å². The van der Waals surface area contributed by atoms with Crippen molar-refractivity contribution < 1.29 is 9.53 Å². The van der Waals surface area contributed by atoms with Crippen LogP contribution < -0.4 is 0 Å². The molecule has 0 radical (unpaired) electrons. The minimum absolute atomic E-state index is 0.311. The molecule has 0 N–H and O–H groups in total.